The van der Waals surface area contributed by atoms with E-state index in [4.69, 9.17) is 9.72 Å². The Hall–Kier alpha value is -1.98. The summed E-state index contributed by atoms with van der Waals surface area (Å²) < 4.78 is 5.34. The Bertz CT molecular complexity index is 795. The van der Waals surface area contributed by atoms with Gasteiger partial charge < -0.3 is 10.1 Å². The van der Waals surface area contributed by atoms with E-state index >= 15 is 0 Å². The first kappa shape index (κ1) is 19.3. The fourth-order valence-electron chi connectivity index (χ4n) is 4.15. The van der Waals surface area contributed by atoms with E-state index in [1.807, 2.05) is 6.20 Å². The van der Waals surface area contributed by atoms with Gasteiger partial charge in [-0.25, -0.2) is 9.97 Å². The van der Waals surface area contributed by atoms with Gasteiger partial charge in [0.05, 0.1) is 19.3 Å². The Kier molecular flexibility index (Phi) is 5.93. The van der Waals surface area contributed by atoms with Crippen molar-refractivity contribution in [2.24, 2.45) is 5.92 Å². The van der Waals surface area contributed by atoms with E-state index in [0.29, 0.717) is 17.9 Å². The number of rotatable bonds is 6. The van der Waals surface area contributed by atoms with Crippen LogP contribution >= 0.6 is 0 Å². The maximum atomic E-state index is 5.34. The van der Waals surface area contributed by atoms with Crippen LogP contribution in [0.4, 0.5) is 5.82 Å². The number of aromatic nitrogens is 2. The third kappa shape index (κ3) is 4.20. The first-order chi connectivity index (χ1) is 13.6. The smallest absolute Gasteiger partial charge is 0.161 e. The minimum Gasteiger partial charge on any atom is -0.378 e. The fourth-order valence-corrected chi connectivity index (χ4v) is 4.15. The molecule has 0 aliphatic carbocycles. The molecular formula is C23H32N4O. The average molecular weight is 381 g/mol. The highest BCUT2D eigenvalue weighted by atomic mass is 16.5. The van der Waals surface area contributed by atoms with Crippen LogP contribution in [-0.2, 0) is 4.74 Å². The van der Waals surface area contributed by atoms with E-state index < -0.39 is 0 Å². The molecule has 150 valence electrons. The van der Waals surface area contributed by atoms with E-state index in [0.717, 1.165) is 42.5 Å². The molecule has 2 aromatic rings. The first-order valence-electron chi connectivity index (χ1n) is 10.6. The summed E-state index contributed by atoms with van der Waals surface area (Å²) in [6, 6.07) is 9.13. The Morgan fingerprint density at radius 3 is 2.61 bits per heavy atom. The van der Waals surface area contributed by atoms with Crippen LogP contribution in [0.5, 0.6) is 0 Å². The number of piperidine rings is 1. The third-order valence-corrected chi connectivity index (χ3v) is 6.14. The summed E-state index contributed by atoms with van der Waals surface area (Å²) in [6.45, 7) is 11.7. The summed E-state index contributed by atoms with van der Waals surface area (Å²) >= 11 is 0. The molecule has 4 rings (SSSR count). The van der Waals surface area contributed by atoms with Gasteiger partial charge in [0.25, 0.3) is 0 Å². The second-order valence-corrected chi connectivity index (χ2v) is 8.52. The molecule has 0 spiro atoms. The summed E-state index contributed by atoms with van der Waals surface area (Å²) in [5.74, 6) is 2.94. The number of likely N-dealkylation sites (tertiary alicyclic amines) is 1. The summed E-state index contributed by atoms with van der Waals surface area (Å²) in [6.07, 6.45) is 4.44. The minimum atomic E-state index is 0.448. The molecule has 2 aliphatic heterocycles. The lowest BCUT2D eigenvalue weighted by molar-refractivity contribution is -0.0732. The molecular weight excluding hydrogens is 348 g/mol. The van der Waals surface area contributed by atoms with E-state index in [-0.39, 0.29) is 0 Å². The van der Waals surface area contributed by atoms with Gasteiger partial charge in [0.1, 0.15) is 5.82 Å². The number of hydrogen-bond donors (Lipinski definition) is 1. The zero-order valence-electron chi connectivity index (χ0n) is 17.3. The summed E-state index contributed by atoms with van der Waals surface area (Å²) in [7, 11) is 0. The predicted molar refractivity (Wildman–Crippen MR) is 114 cm³/mol. The molecule has 0 saturated carbocycles. The Balaban J connectivity index is 1.41. The van der Waals surface area contributed by atoms with Crippen LogP contribution in [0.1, 0.15) is 43.7 Å². The van der Waals surface area contributed by atoms with E-state index in [1.165, 1.54) is 31.5 Å². The van der Waals surface area contributed by atoms with E-state index in [9.17, 15) is 0 Å². The van der Waals surface area contributed by atoms with Crippen LogP contribution in [0.15, 0.2) is 30.5 Å². The van der Waals surface area contributed by atoms with Gasteiger partial charge in [-0.3, -0.25) is 4.90 Å². The normalized spacial score (nSPS) is 19.0. The maximum Gasteiger partial charge on any atom is 0.161 e. The molecule has 2 saturated heterocycles. The zero-order chi connectivity index (χ0) is 19.5. The Labute approximate surface area is 168 Å². The van der Waals surface area contributed by atoms with E-state index in [2.05, 4.69) is 60.2 Å². The number of nitrogens with zero attached hydrogens (tertiary/aromatic N) is 3. The van der Waals surface area contributed by atoms with Crippen molar-refractivity contribution in [2.45, 2.75) is 45.6 Å². The number of ether oxygens (including phenoxy) is 1. The Morgan fingerprint density at radius 2 is 1.93 bits per heavy atom. The number of aryl methyl sites for hydroxylation is 1. The molecule has 1 aromatic heterocycles. The largest absolute Gasteiger partial charge is 0.378 e. The van der Waals surface area contributed by atoms with Crippen molar-refractivity contribution in [3.05, 3.63) is 41.6 Å². The first-order valence-corrected chi connectivity index (χ1v) is 10.6. The lowest BCUT2D eigenvalue weighted by Crippen LogP contribution is -2.52. The number of hydrogen-bond acceptors (Lipinski definition) is 5. The van der Waals surface area contributed by atoms with Gasteiger partial charge in [-0.1, -0.05) is 38.1 Å². The highest BCUT2D eigenvalue weighted by Crippen LogP contribution is 2.28. The summed E-state index contributed by atoms with van der Waals surface area (Å²) in [4.78, 5) is 12.1. The molecule has 0 amide bonds. The van der Waals surface area contributed by atoms with Gasteiger partial charge in [-0.15, -0.1) is 0 Å². The van der Waals surface area contributed by atoms with Crippen molar-refractivity contribution in [1.29, 1.82) is 0 Å². The Morgan fingerprint density at radius 1 is 1.18 bits per heavy atom. The molecule has 5 heteroatoms. The number of anilines is 1. The van der Waals surface area contributed by atoms with Gasteiger partial charge >= 0.3 is 0 Å². The minimum absolute atomic E-state index is 0.448. The molecule has 0 atom stereocenters. The third-order valence-electron chi connectivity index (χ3n) is 6.14. The molecule has 0 unspecified atom stereocenters. The lowest BCUT2D eigenvalue weighted by atomic mass is 9.95. The van der Waals surface area contributed by atoms with Crippen LogP contribution in [0.25, 0.3) is 11.4 Å². The second-order valence-electron chi connectivity index (χ2n) is 8.52. The zero-order valence-corrected chi connectivity index (χ0v) is 17.3. The number of benzene rings is 1. The van der Waals surface area contributed by atoms with Crippen LogP contribution in [0, 0.1) is 12.8 Å². The summed E-state index contributed by atoms with van der Waals surface area (Å²) in [5.41, 5.74) is 3.54. The molecule has 0 bridgehead atoms. The van der Waals surface area contributed by atoms with Gasteiger partial charge in [0.2, 0.25) is 0 Å². The van der Waals surface area contributed by atoms with Crippen molar-refractivity contribution in [3.8, 4) is 11.4 Å². The maximum absolute atomic E-state index is 5.34. The standard InChI is InChI=1S/C23H32N4O/c1-16(2)20-6-4-5-7-21(20)23-24-12-17(3)22(26-23)25-13-18-8-10-27(11-9-18)19-14-28-15-19/h4-7,12,16,18-19H,8-11,13-15H2,1-3H3,(H,24,25,26). The summed E-state index contributed by atoms with van der Waals surface area (Å²) in [5, 5.41) is 3.62. The predicted octanol–water partition coefficient (Wildman–Crippen LogP) is 4.10. The monoisotopic (exact) mass is 380 g/mol. The van der Waals surface area contributed by atoms with Crippen LogP contribution in [-0.4, -0.2) is 53.8 Å². The highest BCUT2D eigenvalue weighted by molar-refractivity contribution is 5.63. The molecule has 1 aromatic carbocycles. The van der Waals surface area contributed by atoms with E-state index in [1.54, 1.807) is 0 Å². The number of nitrogens with one attached hydrogen (secondary N) is 1. The molecule has 28 heavy (non-hydrogen) atoms. The average Bonchev–Trinajstić information content (AvgIpc) is 2.67. The molecule has 2 fully saturated rings. The second kappa shape index (κ2) is 8.58. The van der Waals surface area contributed by atoms with Crippen LogP contribution in [0.3, 0.4) is 0 Å². The van der Waals surface area contributed by atoms with Gasteiger partial charge in [0, 0.05) is 23.9 Å². The van der Waals surface area contributed by atoms with Crippen molar-refractivity contribution >= 4 is 5.82 Å². The van der Waals surface area contributed by atoms with Crippen molar-refractivity contribution in [1.82, 2.24) is 14.9 Å². The van der Waals surface area contributed by atoms with Gasteiger partial charge in [-0.2, -0.15) is 0 Å². The van der Waals surface area contributed by atoms with Crippen molar-refractivity contribution in [2.75, 3.05) is 38.2 Å². The molecule has 2 aliphatic rings. The van der Waals surface area contributed by atoms with Crippen molar-refractivity contribution < 1.29 is 4.74 Å². The van der Waals surface area contributed by atoms with Crippen molar-refractivity contribution in [3.63, 3.8) is 0 Å². The quantitative estimate of drug-likeness (QED) is 0.818. The lowest BCUT2D eigenvalue weighted by Gasteiger charge is -2.41. The molecule has 0 radical (unpaired) electrons. The molecule has 3 heterocycles. The highest BCUT2D eigenvalue weighted by Gasteiger charge is 2.29. The van der Waals surface area contributed by atoms with Gasteiger partial charge in [0.15, 0.2) is 5.82 Å². The SMILES string of the molecule is Cc1cnc(-c2ccccc2C(C)C)nc1NCC1CCN(C2COC2)CC1. The topological polar surface area (TPSA) is 50.3 Å². The molecule has 1 N–H and O–H groups in total. The van der Waals surface area contributed by atoms with Gasteiger partial charge in [-0.05, 0) is 50.3 Å². The van der Waals surface area contributed by atoms with Crippen LogP contribution < -0.4 is 5.32 Å². The van der Waals surface area contributed by atoms with Crippen LogP contribution in [0.2, 0.25) is 0 Å². The fraction of sp³-hybridized carbons (Fsp3) is 0.565. The molecule has 5 nitrogen and oxygen atoms in total.